The topological polar surface area (TPSA) is 29.5 Å². The summed E-state index contributed by atoms with van der Waals surface area (Å²) < 4.78 is 5.28. The molecule has 0 aliphatic carbocycles. The molecule has 0 bridgehead atoms. The lowest BCUT2D eigenvalue weighted by Gasteiger charge is -2.26. The lowest BCUT2D eigenvalue weighted by Crippen LogP contribution is -2.27. The molecule has 1 saturated heterocycles. The van der Waals surface area contributed by atoms with Crippen molar-refractivity contribution in [1.29, 1.82) is 0 Å². The Morgan fingerprint density at radius 2 is 2.10 bits per heavy atom. The van der Waals surface area contributed by atoms with Crippen molar-refractivity contribution in [2.75, 3.05) is 0 Å². The Kier molecular flexibility index (Phi) is 2.06. The third-order valence-corrected chi connectivity index (χ3v) is 1.96. The molecule has 3 heteroatoms. The maximum absolute atomic E-state index is 9.04. The van der Waals surface area contributed by atoms with Crippen molar-refractivity contribution in [3.05, 3.63) is 0 Å². The van der Waals surface area contributed by atoms with Crippen molar-refractivity contribution in [2.45, 2.75) is 39.6 Å². The largest absolute Gasteiger partial charge is 0.454 e. The Bertz CT molecular complexity index is 119. The molecule has 1 rings (SSSR count). The second-order valence-electron chi connectivity index (χ2n) is 4.02. The first kappa shape index (κ1) is 8.09. The highest BCUT2D eigenvalue weighted by Crippen LogP contribution is 2.31. The summed E-state index contributed by atoms with van der Waals surface area (Å²) in [5.74, 6) is 0. The van der Waals surface area contributed by atoms with Crippen molar-refractivity contribution in [2.24, 2.45) is 5.41 Å². The van der Waals surface area contributed by atoms with Gasteiger partial charge >= 0.3 is 7.12 Å². The van der Waals surface area contributed by atoms with Crippen LogP contribution in [0, 0.1) is 5.41 Å². The second-order valence-corrected chi connectivity index (χ2v) is 4.02. The van der Waals surface area contributed by atoms with Crippen LogP contribution in [-0.2, 0) is 4.65 Å². The minimum Gasteiger partial charge on any atom is -0.427 e. The van der Waals surface area contributed by atoms with Gasteiger partial charge in [-0.1, -0.05) is 20.8 Å². The molecule has 0 aromatic rings. The van der Waals surface area contributed by atoms with Crippen LogP contribution in [0.3, 0.4) is 0 Å². The highest BCUT2D eigenvalue weighted by molar-refractivity contribution is 6.43. The predicted octanol–water partition coefficient (Wildman–Crippen LogP) is 1.30. The van der Waals surface area contributed by atoms with E-state index in [4.69, 9.17) is 9.68 Å². The van der Waals surface area contributed by atoms with Crippen molar-refractivity contribution in [3.8, 4) is 0 Å². The van der Waals surface area contributed by atoms with Gasteiger partial charge in [-0.15, -0.1) is 0 Å². The molecule has 1 heterocycles. The lowest BCUT2D eigenvalue weighted by molar-refractivity contribution is 0.0909. The maximum atomic E-state index is 9.04. The van der Waals surface area contributed by atoms with E-state index in [9.17, 15) is 0 Å². The Labute approximate surface area is 62.7 Å². The van der Waals surface area contributed by atoms with Crippen molar-refractivity contribution in [1.82, 2.24) is 0 Å². The molecular formula is C7H15BO2. The van der Waals surface area contributed by atoms with Crippen LogP contribution in [0.4, 0.5) is 0 Å². The zero-order valence-corrected chi connectivity index (χ0v) is 6.92. The first-order valence-corrected chi connectivity index (χ1v) is 3.83. The van der Waals surface area contributed by atoms with E-state index >= 15 is 0 Å². The minimum atomic E-state index is -0.510. The third kappa shape index (κ3) is 1.73. The standard InChI is InChI=1S/C7H15BO2/c1-7(2,3)6-4-5-8(9)10-6/h6,9H,4-5H2,1-3H3. The molecule has 2 nitrogen and oxygen atoms in total. The monoisotopic (exact) mass is 142 g/mol. The molecule has 0 spiro atoms. The molecule has 1 atom stereocenters. The van der Waals surface area contributed by atoms with Crippen LogP contribution < -0.4 is 0 Å². The smallest absolute Gasteiger partial charge is 0.427 e. The van der Waals surface area contributed by atoms with E-state index in [1.807, 2.05) is 0 Å². The van der Waals surface area contributed by atoms with Crippen LogP contribution in [0.25, 0.3) is 0 Å². The molecule has 1 N–H and O–H groups in total. The van der Waals surface area contributed by atoms with Crippen LogP contribution in [-0.4, -0.2) is 18.2 Å². The third-order valence-electron chi connectivity index (χ3n) is 1.96. The van der Waals surface area contributed by atoms with Crippen molar-refractivity contribution in [3.63, 3.8) is 0 Å². The first-order valence-electron chi connectivity index (χ1n) is 3.83. The summed E-state index contributed by atoms with van der Waals surface area (Å²) in [6, 6.07) is 0. The molecule has 1 aliphatic rings. The fraction of sp³-hybridized carbons (Fsp3) is 1.00. The van der Waals surface area contributed by atoms with Gasteiger partial charge in [-0.2, -0.15) is 0 Å². The van der Waals surface area contributed by atoms with Crippen LogP contribution in [0.15, 0.2) is 0 Å². The SMILES string of the molecule is CC(C)(C)C1CCB(O)O1. The Balaban J connectivity index is 2.45. The molecule has 1 unspecified atom stereocenters. The van der Waals surface area contributed by atoms with Gasteiger partial charge in [0.2, 0.25) is 0 Å². The Hall–Kier alpha value is -0.0151. The number of hydrogen-bond acceptors (Lipinski definition) is 2. The molecular weight excluding hydrogens is 127 g/mol. The highest BCUT2D eigenvalue weighted by Gasteiger charge is 2.35. The normalized spacial score (nSPS) is 27.6. The average molecular weight is 142 g/mol. The van der Waals surface area contributed by atoms with Crippen LogP contribution in [0.1, 0.15) is 27.2 Å². The molecule has 0 radical (unpaired) electrons. The molecule has 0 saturated carbocycles. The van der Waals surface area contributed by atoms with E-state index in [2.05, 4.69) is 20.8 Å². The van der Waals surface area contributed by atoms with E-state index in [0.717, 1.165) is 12.7 Å². The van der Waals surface area contributed by atoms with Crippen LogP contribution in [0.5, 0.6) is 0 Å². The second kappa shape index (κ2) is 2.55. The van der Waals surface area contributed by atoms with Gasteiger partial charge in [0.05, 0.1) is 0 Å². The van der Waals surface area contributed by atoms with Gasteiger partial charge in [0, 0.05) is 6.10 Å². The van der Waals surface area contributed by atoms with E-state index in [1.165, 1.54) is 0 Å². The Morgan fingerprint density at radius 3 is 2.30 bits per heavy atom. The molecule has 10 heavy (non-hydrogen) atoms. The zero-order chi connectivity index (χ0) is 7.78. The molecule has 0 aromatic heterocycles. The quantitative estimate of drug-likeness (QED) is 0.516. The summed E-state index contributed by atoms with van der Waals surface area (Å²) in [5, 5.41) is 9.04. The summed E-state index contributed by atoms with van der Waals surface area (Å²) in [4.78, 5) is 0. The predicted molar refractivity (Wildman–Crippen MR) is 41.7 cm³/mol. The van der Waals surface area contributed by atoms with E-state index < -0.39 is 7.12 Å². The summed E-state index contributed by atoms with van der Waals surface area (Å²) in [6.07, 6.45) is 2.02. The number of rotatable bonds is 0. The summed E-state index contributed by atoms with van der Waals surface area (Å²) >= 11 is 0. The molecule has 58 valence electrons. The van der Waals surface area contributed by atoms with Crippen molar-refractivity contribution < 1.29 is 9.68 Å². The summed E-state index contributed by atoms with van der Waals surface area (Å²) in [7, 11) is -0.510. The van der Waals surface area contributed by atoms with Gasteiger partial charge in [0.25, 0.3) is 0 Å². The zero-order valence-electron chi connectivity index (χ0n) is 6.92. The lowest BCUT2D eigenvalue weighted by atomic mass is 9.84. The minimum absolute atomic E-state index is 0.178. The average Bonchev–Trinajstić information content (AvgIpc) is 2.11. The van der Waals surface area contributed by atoms with Crippen LogP contribution in [0.2, 0.25) is 6.32 Å². The Morgan fingerprint density at radius 1 is 1.50 bits per heavy atom. The first-order chi connectivity index (χ1) is 4.50. The molecule has 0 amide bonds. The fourth-order valence-corrected chi connectivity index (χ4v) is 1.26. The molecule has 0 aromatic carbocycles. The van der Waals surface area contributed by atoms with Gasteiger partial charge in [-0.25, -0.2) is 0 Å². The maximum Gasteiger partial charge on any atom is 0.454 e. The molecule has 1 aliphatic heterocycles. The highest BCUT2D eigenvalue weighted by atomic mass is 16.5. The van der Waals surface area contributed by atoms with Crippen molar-refractivity contribution >= 4 is 7.12 Å². The van der Waals surface area contributed by atoms with Gasteiger partial charge in [0.15, 0.2) is 0 Å². The fourth-order valence-electron chi connectivity index (χ4n) is 1.26. The van der Waals surface area contributed by atoms with Gasteiger partial charge < -0.3 is 9.68 Å². The van der Waals surface area contributed by atoms with Gasteiger partial charge in [0.1, 0.15) is 0 Å². The van der Waals surface area contributed by atoms with Crippen LogP contribution >= 0.6 is 0 Å². The van der Waals surface area contributed by atoms with E-state index in [1.54, 1.807) is 0 Å². The van der Waals surface area contributed by atoms with Gasteiger partial charge in [-0.3, -0.25) is 0 Å². The summed E-state index contributed by atoms with van der Waals surface area (Å²) in [6.45, 7) is 6.40. The van der Waals surface area contributed by atoms with E-state index in [-0.39, 0.29) is 11.5 Å². The summed E-state index contributed by atoms with van der Waals surface area (Å²) in [5.41, 5.74) is 0.178. The van der Waals surface area contributed by atoms with Gasteiger partial charge in [-0.05, 0) is 18.2 Å². The number of hydrogen-bond donors (Lipinski definition) is 1. The molecule has 1 fully saturated rings. The van der Waals surface area contributed by atoms with E-state index in [0.29, 0.717) is 0 Å².